The van der Waals surface area contributed by atoms with Gasteiger partial charge in [0, 0.05) is 12.2 Å². The Balaban J connectivity index is 1.46. The molecule has 1 atom stereocenters. The summed E-state index contributed by atoms with van der Waals surface area (Å²) in [5, 5.41) is 11.3. The lowest BCUT2D eigenvalue weighted by Crippen LogP contribution is -2.23. The van der Waals surface area contributed by atoms with Gasteiger partial charge in [0.25, 0.3) is 0 Å². The molecular formula is C19H19N5O5S2. The zero-order chi connectivity index (χ0) is 21.9. The van der Waals surface area contributed by atoms with Crippen molar-refractivity contribution in [3.05, 3.63) is 78.0 Å². The van der Waals surface area contributed by atoms with E-state index in [2.05, 4.69) is 25.4 Å². The van der Waals surface area contributed by atoms with Crippen LogP contribution in [0, 0.1) is 0 Å². The summed E-state index contributed by atoms with van der Waals surface area (Å²) in [6.07, 6.45) is 0. The molecular weight excluding hydrogens is 442 g/mol. The summed E-state index contributed by atoms with van der Waals surface area (Å²) >= 11 is 0. The second-order valence-electron chi connectivity index (χ2n) is 6.85. The quantitative estimate of drug-likeness (QED) is 0.540. The number of nitrogens with one attached hydrogen (secondary N) is 2. The average Bonchev–Trinajstić information content (AvgIpc) is 3.38. The van der Waals surface area contributed by atoms with Crippen LogP contribution in [0.1, 0.15) is 23.3 Å². The molecule has 4 rings (SSSR count). The van der Waals surface area contributed by atoms with Crippen molar-refractivity contribution in [2.24, 2.45) is 5.10 Å². The molecule has 31 heavy (non-hydrogen) atoms. The van der Waals surface area contributed by atoms with Crippen LogP contribution in [0.3, 0.4) is 0 Å². The van der Waals surface area contributed by atoms with Crippen molar-refractivity contribution in [1.82, 2.24) is 15.6 Å². The number of sulfone groups is 1. The molecule has 0 bridgehead atoms. The third-order valence-corrected chi connectivity index (χ3v) is 7.30. The van der Waals surface area contributed by atoms with Gasteiger partial charge in [-0.05, 0) is 17.7 Å². The van der Waals surface area contributed by atoms with Gasteiger partial charge in [-0.2, -0.15) is 5.10 Å². The Bertz CT molecular complexity index is 1290. The molecule has 162 valence electrons. The van der Waals surface area contributed by atoms with Crippen molar-refractivity contribution in [1.29, 1.82) is 0 Å². The van der Waals surface area contributed by atoms with E-state index in [1.165, 1.54) is 0 Å². The van der Waals surface area contributed by atoms with E-state index < -0.39 is 37.3 Å². The summed E-state index contributed by atoms with van der Waals surface area (Å²) in [5.41, 5.74) is 3.94. The molecule has 2 aromatic carbocycles. The molecule has 1 aliphatic rings. The largest absolute Gasteiger partial charge is 0.423 e. The number of nitrogens with zero attached hydrogens (tertiary/aromatic N) is 3. The van der Waals surface area contributed by atoms with Crippen LogP contribution >= 0.6 is 0 Å². The lowest BCUT2D eigenvalue weighted by atomic mass is 10.0. The van der Waals surface area contributed by atoms with Gasteiger partial charge >= 0.3 is 0 Å². The molecule has 0 spiro atoms. The van der Waals surface area contributed by atoms with Crippen molar-refractivity contribution < 1.29 is 21.3 Å². The Morgan fingerprint density at radius 1 is 0.903 bits per heavy atom. The van der Waals surface area contributed by atoms with Gasteiger partial charge in [-0.25, -0.2) is 16.8 Å². The number of sulfonamides is 1. The first kappa shape index (κ1) is 21.0. The molecule has 2 heterocycles. The van der Waals surface area contributed by atoms with Crippen LogP contribution in [-0.2, 0) is 31.4 Å². The number of hydrogen-bond acceptors (Lipinski definition) is 9. The zero-order valence-corrected chi connectivity index (χ0v) is 17.8. The van der Waals surface area contributed by atoms with Crippen molar-refractivity contribution in [3.63, 3.8) is 0 Å². The standard InChI is InChI=1S/C19H19N5O5S2/c25-30(26,19-16(11-20-23-19)14-7-3-1-4-8-14)12-17-21-22-18(29-17)13-31(27,28)24-15-9-5-2-6-10-15/h1-10,16,20,24H,11-13H2. The molecule has 1 aliphatic heterocycles. The number of aromatic nitrogens is 2. The van der Waals surface area contributed by atoms with Gasteiger partial charge in [0.15, 0.2) is 5.04 Å². The number of hydrogen-bond donors (Lipinski definition) is 2. The predicted molar refractivity (Wildman–Crippen MR) is 114 cm³/mol. The zero-order valence-electron chi connectivity index (χ0n) is 16.2. The van der Waals surface area contributed by atoms with Crippen LogP contribution in [0.5, 0.6) is 0 Å². The van der Waals surface area contributed by atoms with E-state index in [1.54, 1.807) is 30.3 Å². The summed E-state index contributed by atoms with van der Waals surface area (Å²) < 4.78 is 58.1. The minimum Gasteiger partial charge on any atom is -0.423 e. The first-order valence-corrected chi connectivity index (χ1v) is 12.6. The first-order chi connectivity index (χ1) is 14.8. The van der Waals surface area contributed by atoms with Gasteiger partial charge in [0.1, 0.15) is 11.5 Å². The van der Waals surface area contributed by atoms with E-state index >= 15 is 0 Å². The summed E-state index contributed by atoms with van der Waals surface area (Å²) in [6, 6.07) is 17.5. The van der Waals surface area contributed by atoms with Gasteiger partial charge in [0.05, 0.1) is 5.92 Å². The van der Waals surface area contributed by atoms with E-state index in [9.17, 15) is 16.8 Å². The molecule has 10 nitrogen and oxygen atoms in total. The molecule has 0 saturated heterocycles. The van der Waals surface area contributed by atoms with E-state index in [0.717, 1.165) is 5.56 Å². The van der Waals surface area contributed by atoms with Crippen molar-refractivity contribution in [2.45, 2.75) is 17.4 Å². The van der Waals surface area contributed by atoms with Gasteiger partial charge < -0.3 is 9.84 Å². The molecule has 0 fully saturated rings. The van der Waals surface area contributed by atoms with E-state index in [4.69, 9.17) is 4.42 Å². The van der Waals surface area contributed by atoms with E-state index in [0.29, 0.717) is 12.2 Å². The van der Waals surface area contributed by atoms with Crippen LogP contribution in [0.2, 0.25) is 0 Å². The topological polar surface area (TPSA) is 144 Å². The molecule has 1 unspecified atom stereocenters. The van der Waals surface area contributed by atoms with E-state index in [1.807, 2.05) is 30.3 Å². The molecule has 1 aromatic heterocycles. The van der Waals surface area contributed by atoms with Gasteiger partial charge in [0.2, 0.25) is 31.6 Å². The normalized spacial score (nSPS) is 16.5. The predicted octanol–water partition coefficient (Wildman–Crippen LogP) is 1.63. The van der Waals surface area contributed by atoms with Crippen molar-refractivity contribution >= 4 is 30.6 Å². The number of hydrazone groups is 1. The Morgan fingerprint density at radius 2 is 1.52 bits per heavy atom. The highest BCUT2D eigenvalue weighted by Gasteiger charge is 2.35. The molecule has 0 radical (unpaired) electrons. The lowest BCUT2D eigenvalue weighted by molar-refractivity contribution is 0.473. The number of rotatable bonds is 7. The molecule has 2 N–H and O–H groups in total. The molecule has 0 saturated carbocycles. The Morgan fingerprint density at radius 3 is 2.19 bits per heavy atom. The average molecular weight is 462 g/mol. The monoisotopic (exact) mass is 461 g/mol. The van der Waals surface area contributed by atoms with Gasteiger partial charge in [-0.1, -0.05) is 48.5 Å². The summed E-state index contributed by atoms with van der Waals surface area (Å²) in [7, 11) is -7.67. The Kier molecular flexibility index (Phi) is 5.74. The maximum absolute atomic E-state index is 12.9. The number of anilines is 1. The summed E-state index contributed by atoms with van der Waals surface area (Å²) in [4.78, 5) is 0. The second kappa shape index (κ2) is 8.47. The summed E-state index contributed by atoms with van der Waals surface area (Å²) in [6.45, 7) is 0.358. The highest BCUT2D eigenvalue weighted by atomic mass is 32.2. The minimum atomic E-state index is -3.86. The fourth-order valence-electron chi connectivity index (χ4n) is 3.14. The maximum atomic E-state index is 12.9. The highest BCUT2D eigenvalue weighted by molar-refractivity contribution is 8.05. The van der Waals surface area contributed by atoms with Crippen LogP contribution in [0.4, 0.5) is 5.69 Å². The van der Waals surface area contributed by atoms with Crippen LogP contribution in [0.25, 0.3) is 0 Å². The highest BCUT2D eigenvalue weighted by Crippen LogP contribution is 2.25. The Labute approximate surface area is 179 Å². The fourth-order valence-corrected chi connectivity index (χ4v) is 5.59. The molecule has 3 aromatic rings. The van der Waals surface area contributed by atoms with E-state index in [-0.39, 0.29) is 16.8 Å². The number of benzene rings is 2. The molecule has 12 heteroatoms. The fraction of sp³-hybridized carbons (Fsp3) is 0.211. The van der Waals surface area contributed by atoms with Crippen molar-refractivity contribution in [2.75, 3.05) is 11.3 Å². The van der Waals surface area contributed by atoms with Crippen LogP contribution in [0.15, 0.2) is 70.2 Å². The molecule has 0 amide bonds. The first-order valence-electron chi connectivity index (χ1n) is 9.27. The smallest absolute Gasteiger partial charge is 0.241 e. The lowest BCUT2D eigenvalue weighted by Gasteiger charge is -2.11. The van der Waals surface area contributed by atoms with Crippen LogP contribution in [-0.4, -0.2) is 38.6 Å². The Hall–Kier alpha value is -3.25. The molecule has 0 aliphatic carbocycles. The summed E-state index contributed by atoms with van der Waals surface area (Å²) in [5.74, 6) is -1.99. The number of para-hydroxylation sites is 1. The van der Waals surface area contributed by atoms with Crippen molar-refractivity contribution in [3.8, 4) is 0 Å². The maximum Gasteiger partial charge on any atom is 0.241 e. The third-order valence-electron chi connectivity index (χ3n) is 4.49. The van der Waals surface area contributed by atoms with Crippen LogP contribution < -0.4 is 10.1 Å². The minimum absolute atomic E-state index is 0.0168. The second-order valence-corrected chi connectivity index (χ2v) is 10.5. The van der Waals surface area contributed by atoms with Gasteiger partial charge in [-0.15, -0.1) is 10.2 Å². The third kappa shape index (κ3) is 5.09. The SMILES string of the molecule is O=S(=O)(Cc1nnc(CS(=O)(=O)C2=NNCC2c2ccccc2)o1)Nc1ccccc1. The van der Waals surface area contributed by atoms with Gasteiger partial charge in [-0.3, -0.25) is 4.72 Å².